The van der Waals surface area contributed by atoms with Crippen molar-refractivity contribution in [3.8, 4) is 0 Å². The summed E-state index contributed by atoms with van der Waals surface area (Å²) >= 11 is 6.09. The minimum Gasteiger partial charge on any atom is -0.394 e. The smallest absolute Gasteiger partial charge is 0.218 e. The molecular weight excluding hydrogens is 334 g/mol. The Bertz CT molecular complexity index is 807. The van der Waals surface area contributed by atoms with Gasteiger partial charge in [0.1, 0.15) is 0 Å². The van der Waals surface area contributed by atoms with Gasteiger partial charge in [-0.25, -0.2) is 8.42 Å². The Hall–Kier alpha value is -1.40. The van der Waals surface area contributed by atoms with Gasteiger partial charge in [-0.3, -0.25) is 0 Å². The molecule has 6 heteroatoms. The van der Waals surface area contributed by atoms with Crippen molar-refractivity contribution >= 4 is 21.6 Å². The van der Waals surface area contributed by atoms with Gasteiger partial charge in [-0.2, -0.15) is 4.31 Å². The van der Waals surface area contributed by atoms with E-state index in [4.69, 9.17) is 11.6 Å². The zero-order valence-corrected chi connectivity index (χ0v) is 14.1. The van der Waals surface area contributed by atoms with E-state index in [0.29, 0.717) is 23.6 Å². The van der Waals surface area contributed by atoms with Crippen molar-refractivity contribution in [3.05, 3.63) is 70.2 Å². The summed E-state index contributed by atoms with van der Waals surface area (Å²) in [7, 11) is -3.57. The second kappa shape index (κ2) is 6.61. The highest BCUT2D eigenvalue weighted by atomic mass is 35.5. The third kappa shape index (κ3) is 3.28. The van der Waals surface area contributed by atoms with Crippen LogP contribution in [0, 0.1) is 0 Å². The first-order valence-corrected chi connectivity index (χ1v) is 9.43. The molecule has 0 saturated carbocycles. The summed E-state index contributed by atoms with van der Waals surface area (Å²) in [5.41, 5.74) is 2.55. The Morgan fingerprint density at radius 1 is 1.13 bits per heavy atom. The molecule has 0 fully saturated rings. The van der Waals surface area contributed by atoms with E-state index in [1.54, 1.807) is 24.3 Å². The number of aliphatic hydroxyl groups excluding tert-OH is 1. The topological polar surface area (TPSA) is 57.6 Å². The molecule has 23 heavy (non-hydrogen) atoms. The maximum Gasteiger partial charge on any atom is 0.218 e. The quantitative estimate of drug-likeness (QED) is 0.921. The standard InChI is InChI=1S/C17H18ClNO3S/c18-16-8-4-2-6-14(16)12-23(21,22)19-10-9-13-5-1-3-7-15(13)17(19)11-20/h1-8,17,20H,9-12H2. The van der Waals surface area contributed by atoms with Gasteiger partial charge in [0, 0.05) is 11.6 Å². The Morgan fingerprint density at radius 3 is 2.57 bits per heavy atom. The zero-order valence-electron chi connectivity index (χ0n) is 12.5. The molecule has 0 amide bonds. The SMILES string of the molecule is O=S(=O)(Cc1ccccc1Cl)N1CCc2ccccc2C1CO. The van der Waals surface area contributed by atoms with E-state index in [-0.39, 0.29) is 12.4 Å². The minimum atomic E-state index is -3.57. The van der Waals surface area contributed by atoms with Gasteiger partial charge in [0.25, 0.3) is 0 Å². The van der Waals surface area contributed by atoms with Crippen molar-refractivity contribution in [2.45, 2.75) is 18.2 Å². The molecule has 2 aromatic carbocycles. The largest absolute Gasteiger partial charge is 0.394 e. The van der Waals surface area contributed by atoms with Gasteiger partial charge < -0.3 is 5.11 Å². The molecule has 1 unspecified atom stereocenters. The van der Waals surface area contributed by atoms with Crippen LogP contribution >= 0.6 is 11.6 Å². The number of nitrogens with zero attached hydrogens (tertiary/aromatic N) is 1. The number of hydrogen-bond donors (Lipinski definition) is 1. The van der Waals surface area contributed by atoms with Crippen LogP contribution in [0.15, 0.2) is 48.5 Å². The highest BCUT2D eigenvalue weighted by Crippen LogP contribution is 2.33. The third-order valence-corrected chi connectivity index (χ3v) is 6.39. The van der Waals surface area contributed by atoms with Gasteiger partial charge in [-0.1, -0.05) is 54.1 Å². The van der Waals surface area contributed by atoms with E-state index >= 15 is 0 Å². The summed E-state index contributed by atoms with van der Waals surface area (Å²) in [4.78, 5) is 0. The lowest BCUT2D eigenvalue weighted by Crippen LogP contribution is -2.42. The van der Waals surface area contributed by atoms with E-state index in [1.807, 2.05) is 24.3 Å². The predicted molar refractivity (Wildman–Crippen MR) is 90.8 cm³/mol. The first kappa shape index (κ1) is 16.5. The van der Waals surface area contributed by atoms with Crippen molar-refractivity contribution < 1.29 is 13.5 Å². The maximum atomic E-state index is 12.8. The lowest BCUT2D eigenvalue weighted by molar-refractivity contribution is 0.180. The van der Waals surface area contributed by atoms with Gasteiger partial charge in [0.15, 0.2) is 0 Å². The van der Waals surface area contributed by atoms with E-state index in [0.717, 1.165) is 11.1 Å². The highest BCUT2D eigenvalue weighted by molar-refractivity contribution is 7.88. The van der Waals surface area contributed by atoms with Crippen LogP contribution in [0.4, 0.5) is 0 Å². The molecule has 1 heterocycles. The Morgan fingerprint density at radius 2 is 1.83 bits per heavy atom. The van der Waals surface area contributed by atoms with Gasteiger partial charge in [0.05, 0.1) is 18.4 Å². The molecule has 1 N–H and O–H groups in total. The molecule has 0 bridgehead atoms. The van der Waals surface area contributed by atoms with Crippen LogP contribution in [0.3, 0.4) is 0 Å². The summed E-state index contributed by atoms with van der Waals surface area (Å²) in [5.74, 6) is -0.161. The van der Waals surface area contributed by atoms with E-state index in [1.165, 1.54) is 4.31 Å². The third-order valence-electron chi connectivity index (χ3n) is 4.19. The molecule has 0 saturated heterocycles. The predicted octanol–water partition coefficient (Wildman–Crippen LogP) is 2.76. The fourth-order valence-corrected chi connectivity index (χ4v) is 5.08. The average molecular weight is 352 g/mol. The summed E-state index contributed by atoms with van der Waals surface area (Å²) < 4.78 is 27.1. The number of hydrogen-bond acceptors (Lipinski definition) is 3. The van der Waals surface area contributed by atoms with Crippen molar-refractivity contribution in [1.29, 1.82) is 0 Å². The Balaban J connectivity index is 1.93. The molecule has 2 aromatic rings. The van der Waals surface area contributed by atoms with Crippen molar-refractivity contribution in [2.24, 2.45) is 0 Å². The molecule has 1 aliphatic heterocycles. The average Bonchev–Trinajstić information content (AvgIpc) is 2.55. The molecule has 3 rings (SSSR count). The molecule has 4 nitrogen and oxygen atoms in total. The molecule has 0 spiro atoms. The van der Waals surface area contributed by atoms with E-state index < -0.39 is 16.1 Å². The van der Waals surface area contributed by atoms with Crippen LogP contribution in [-0.2, 0) is 22.2 Å². The first-order chi connectivity index (χ1) is 11.0. The van der Waals surface area contributed by atoms with Crippen molar-refractivity contribution in [3.63, 3.8) is 0 Å². The Labute approximate surface area is 141 Å². The zero-order chi connectivity index (χ0) is 16.4. The molecule has 0 aromatic heterocycles. The normalized spacial score (nSPS) is 18.6. The maximum absolute atomic E-state index is 12.8. The van der Waals surface area contributed by atoms with E-state index in [9.17, 15) is 13.5 Å². The highest BCUT2D eigenvalue weighted by Gasteiger charge is 2.35. The second-order valence-electron chi connectivity index (χ2n) is 5.61. The molecular formula is C17H18ClNO3S. The van der Waals surface area contributed by atoms with Crippen LogP contribution in [-0.4, -0.2) is 31.0 Å². The van der Waals surface area contributed by atoms with Crippen LogP contribution in [0.1, 0.15) is 22.7 Å². The van der Waals surface area contributed by atoms with E-state index in [2.05, 4.69) is 0 Å². The van der Waals surface area contributed by atoms with Gasteiger partial charge in [-0.15, -0.1) is 0 Å². The molecule has 122 valence electrons. The first-order valence-electron chi connectivity index (χ1n) is 7.44. The van der Waals surface area contributed by atoms with Crippen LogP contribution in [0.25, 0.3) is 0 Å². The van der Waals surface area contributed by atoms with Crippen molar-refractivity contribution in [1.82, 2.24) is 4.31 Å². The number of fused-ring (bicyclic) bond motifs is 1. The number of benzene rings is 2. The van der Waals surface area contributed by atoms with Gasteiger partial charge in [-0.05, 0) is 29.2 Å². The summed E-state index contributed by atoms with van der Waals surface area (Å²) in [6.45, 7) is 0.133. The van der Waals surface area contributed by atoms with Crippen LogP contribution in [0.2, 0.25) is 5.02 Å². The summed E-state index contributed by atoms with van der Waals surface area (Å²) in [6.07, 6.45) is 0.647. The van der Waals surface area contributed by atoms with Crippen molar-refractivity contribution in [2.75, 3.05) is 13.2 Å². The fourth-order valence-electron chi connectivity index (χ4n) is 3.05. The lowest BCUT2D eigenvalue weighted by atomic mass is 9.95. The number of rotatable bonds is 4. The van der Waals surface area contributed by atoms with Crippen LogP contribution in [0.5, 0.6) is 0 Å². The molecule has 1 atom stereocenters. The number of halogens is 1. The number of aliphatic hydroxyl groups is 1. The minimum absolute atomic E-state index is 0.161. The Kier molecular flexibility index (Phi) is 4.73. The number of sulfonamides is 1. The molecule has 0 aliphatic carbocycles. The second-order valence-corrected chi connectivity index (χ2v) is 7.93. The van der Waals surface area contributed by atoms with Gasteiger partial charge >= 0.3 is 0 Å². The summed E-state index contributed by atoms with van der Waals surface area (Å²) in [6, 6.07) is 14.1. The van der Waals surface area contributed by atoms with Crippen LogP contribution < -0.4 is 0 Å². The molecule has 0 radical (unpaired) electrons. The lowest BCUT2D eigenvalue weighted by Gasteiger charge is -2.35. The fraction of sp³-hybridized carbons (Fsp3) is 0.294. The monoisotopic (exact) mass is 351 g/mol. The summed E-state index contributed by atoms with van der Waals surface area (Å²) in [5, 5.41) is 10.2. The van der Waals surface area contributed by atoms with Gasteiger partial charge in [0.2, 0.25) is 10.0 Å². The molecule has 1 aliphatic rings.